The molecule has 0 bridgehead atoms. The Morgan fingerprint density at radius 3 is 0.979 bits per heavy atom. The second-order valence-corrected chi connectivity index (χ2v) is 9.89. The van der Waals surface area contributed by atoms with Gasteiger partial charge in [-0.3, -0.25) is 0 Å². The van der Waals surface area contributed by atoms with E-state index >= 15 is 0 Å². The molecule has 4 aromatic rings. The van der Waals surface area contributed by atoms with Crippen molar-refractivity contribution in [3.05, 3.63) is 163 Å². The molecule has 0 spiro atoms. The Kier molecular flexibility index (Phi) is 10.00. The van der Waals surface area contributed by atoms with Crippen LogP contribution in [0.25, 0.3) is 54.3 Å². The van der Waals surface area contributed by atoms with Crippen LogP contribution >= 0.6 is 0 Å². The maximum absolute atomic E-state index is 10.1. The Morgan fingerprint density at radius 1 is 0.417 bits per heavy atom. The Bertz CT molecular complexity index is 2110. The molecule has 216 valence electrons. The molecule has 9 heteroatoms. The third-order valence-corrected chi connectivity index (χ3v) is 6.74. The number of nitrogens with zero attached hydrogens (tertiary/aromatic N) is 9. The summed E-state index contributed by atoms with van der Waals surface area (Å²) >= 11 is 0. The SMILES string of the molecule is [C-]#[N+]c1cc(C#N)cc(/C(C#N)=C/c2cc(/C=C(\C#N)c3cc(C#N)cc([N+]#[C-])c3)cc(/C=C(\C#N)c3cc([N+]#[C-])cc([N+]#[C-])c3)c2)c1. The summed E-state index contributed by atoms with van der Waals surface area (Å²) in [5, 5.41) is 49.1. The molecule has 0 N–H and O–H groups in total. The van der Waals surface area contributed by atoms with Crippen molar-refractivity contribution in [3.63, 3.8) is 0 Å². The normalized spacial score (nSPS) is 10.7. The standard InChI is InChI=1S/C39H15N9/c1-45-36-13-28(20-40)11-30(15-36)33(22-42)8-25-5-26(9-34(23-43)31-12-29(21-41)14-37(16-31)46-2)7-27(6-25)10-35(24-44)32-17-38(47-3)19-39(18-32)48-4/h5-19H/b33-8+,34-9+,35-10+. The van der Waals surface area contributed by atoms with Gasteiger partial charge in [0.2, 0.25) is 0 Å². The van der Waals surface area contributed by atoms with E-state index < -0.39 is 0 Å². The highest BCUT2D eigenvalue weighted by atomic mass is 14.7. The molecule has 0 saturated heterocycles. The molecule has 9 nitrogen and oxygen atoms in total. The van der Waals surface area contributed by atoms with Gasteiger partial charge in [0.1, 0.15) is 0 Å². The molecule has 0 radical (unpaired) electrons. The van der Waals surface area contributed by atoms with Crippen molar-refractivity contribution >= 4 is 57.7 Å². The van der Waals surface area contributed by atoms with E-state index in [9.17, 15) is 26.3 Å². The van der Waals surface area contributed by atoms with Crippen LogP contribution in [-0.2, 0) is 0 Å². The van der Waals surface area contributed by atoms with E-state index in [0.29, 0.717) is 33.4 Å². The average Bonchev–Trinajstić information content (AvgIpc) is 3.13. The average molecular weight is 610 g/mol. The van der Waals surface area contributed by atoms with Crippen LogP contribution in [-0.4, -0.2) is 0 Å². The summed E-state index contributed by atoms with van der Waals surface area (Å²) < 4.78 is 0. The van der Waals surface area contributed by atoms with Crippen LogP contribution in [0.2, 0.25) is 0 Å². The molecule has 0 saturated carbocycles. The van der Waals surface area contributed by atoms with Gasteiger partial charge >= 0.3 is 0 Å². The molecular weight excluding hydrogens is 594 g/mol. The van der Waals surface area contributed by atoms with E-state index in [0.717, 1.165) is 0 Å². The third-order valence-electron chi connectivity index (χ3n) is 6.74. The third kappa shape index (κ3) is 7.53. The number of hydrogen-bond acceptors (Lipinski definition) is 5. The zero-order valence-electron chi connectivity index (χ0n) is 24.7. The number of nitriles is 5. The number of rotatable bonds is 6. The zero-order valence-corrected chi connectivity index (χ0v) is 24.7. The molecule has 0 fully saturated rings. The quantitative estimate of drug-likeness (QED) is 0.122. The number of benzene rings is 4. The van der Waals surface area contributed by atoms with Crippen LogP contribution in [0.4, 0.5) is 22.7 Å². The minimum Gasteiger partial charge on any atom is -0.239 e. The van der Waals surface area contributed by atoms with Crippen LogP contribution < -0.4 is 0 Å². The lowest BCUT2D eigenvalue weighted by Crippen LogP contribution is -1.89. The second kappa shape index (κ2) is 14.8. The maximum Gasteiger partial charge on any atom is 0.189 e. The van der Waals surface area contributed by atoms with Gasteiger partial charge in [-0.05, 0) is 106 Å². The fraction of sp³-hybridized carbons (Fsp3) is 0. The summed E-state index contributed by atoms with van der Waals surface area (Å²) in [7, 11) is 0. The molecule has 0 aromatic heterocycles. The Balaban J connectivity index is 1.99. The van der Waals surface area contributed by atoms with Crippen molar-refractivity contribution in [2.75, 3.05) is 0 Å². The zero-order chi connectivity index (χ0) is 34.6. The first kappa shape index (κ1) is 32.4. The minimum atomic E-state index is 0.143. The monoisotopic (exact) mass is 609 g/mol. The fourth-order valence-corrected chi connectivity index (χ4v) is 4.66. The summed E-state index contributed by atoms with van der Waals surface area (Å²) in [5.41, 5.74) is 4.04. The van der Waals surface area contributed by atoms with Crippen molar-refractivity contribution in [1.29, 1.82) is 26.3 Å². The molecule has 0 unspecified atom stereocenters. The highest BCUT2D eigenvalue weighted by molar-refractivity contribution is 5.96. The number of allylic oxidation sites excluding steroid dienone is 3. The van der Waals surface area contributed by atoms with Crippen molar-refractivity contribution in [1.82, 2.24) is 0 Å². The van der Waals surface area contributed by atoms with Crippen LogP contribution in [0.5, 0.6) is 0 Å². The van der Waals surface area contributed by atoms with Gasteiger partial charge in [0.05, 0.1) is 73.4 Å². The van der Waals surface area contributed by atoms with Crippen molar-refractivity contribution < 1.29 is 0 Å². The summed E-state index contributed by atoms with van der Waals surface area (Å²) in [6.07, 6.45) is 4.63. The van der Waals surface area contributed by atoms with Crippen molar-refractivity contribution in [2.24, 2.45) is 0 Å². The van der Waals surface area contributed by atoms with E-state index in [1.807, 2.05) is 12.1 Å². The smallest absolute Gasteiger partial charge is 0.189 e. The fourth-order valence-electron chi connectivity index (χ4n) is 4.66. The minimum absolute atomic E-state index is 0.143. The predicted octanol–water partition coefficient (Wildman–Crippen LogP) is 9.83. The van der Waals surface area contributed by atoms with Gasteiger partial charge in [0.25, 0.3) is 0 Å². The van der Waals surface area contributed by atoms with Crippen LogP contribution in [0, 0.1) is 82.9 Å². The molecule has 4 rings (SSSR count). The van der Waals surface area contributed by atoms with E-state index in [1.54, 1.807) is 36.4 Å². The molecule has 0 aliphatic carbocycles. The van der Waals surface area contributed by atoms with E-state index in [2.05, 4.69) is 37.6 Å². The molecule has 0 aliphatic heterocycles. The first-order valence-corrected chi connectivity index (χ1v) is 13.6. The molecule has 0 amide bonds. The van der Waals surface area contributed by atoms with Gasteiger partial charge in [0.15, 0.2) is 22.7 Å². The maximum atomic E-state index is 10.1. The van der Waals surface area contributed by atoms with Gasteiger partial charge < -0.3 is 0 Å². The Labute approximate surface area is 276 Å². The summed E-state index contributed by atoms with van der Waals surface area (Å²) in [6, 6.07) is 28.6. The lowest BCUT2D eigenvalue weighted by molar-refractivity contribution is 1.47. The highest BCUT2D eigenvalue weighted by Crippen LogP contribution is 2.31. The Hall–Kier alpha value is -8.49. The van der Waals surface area contributed by atoms with E-state index in [-0.39, 0.29) is 50.6 Å². The second-order valence-electron chi connectivity index (χ2n) is 9.89. The molecule has 0 aliphatic rings. The molecular formula is C39H15N9. The van der Waals surface area contributed by atoms with Gasteiger partial charge in [-0.25, -0.2) is 19.4 Å². The van der Waals surface area contributed by atoms with Crippen LogP contribution in [0.15, 0.2) is 72.8 Å². The first-order chi connectivity index (χ1) is 23.3. The van der Waals surface area contributed by atoms with Crippen molar-refractivity contribution in [2.45, 2.75) is 0 Å². The predicted molar refractivity (Wildman–Crippen MR) is 181 cm³/mol. The summed E-state index contributed by atoms with van der Waals surface area (Å²) in [5.74, 6) is 0. The van der Waals surface area contributed by atoms with Gasteiger partial charge in [-0.15, -0.1) is 0 Å². The number of hydrogen-bond donors (Lipinski definition) is 0. The lowest BCUT2D eigenvalue weighted by atomic mass is 9.95. The highest BCUT2D eigenvalue weighted by Gasteiger charge is 2.11. The van der Waals surface area contributed by atoms with Gasteiger partial charge in [0, 0.05) is 11.1 Å². The molecule has 48 heavy (non-hydrogen) atoms. The van der Waals surface area contributed by atoms with Crippen LogP contribution in [0.1, 0.15) is 44.5 Å². The van der Waals surface area contributed by atoms with Crippen molar-refractivity contribution in [3.8, 4) is 30.3 Å². The summed E-state index contributed by atoms with van der Waals surface area (Å²) in [4.78, 5) is 13.6. The summed E-state index contributed by atoms with van der Waals surface area (Å²) in [6.45, 7) is 29.5. The van der Waals surface area contributed by atoms with E-state index in [1.165, 1.54) is 54.6 Å². The largest absolute Gasteiger partial charge is 0.239 e. The molecule has 4 aromatic carbocycles. The van der Waals surface area contributed by atoms with Crippen LogP contribution in [0.3, 0.4) is 0 Å². The van der Waals surface area contributed by atoms with Gasteiger partial charge in [-0.2, -0.15) is 26.3 Å². The van der Waals surface area contributed by atoms with E-state index in [4.69, 9.17) is 26.3 Å². The molecule has 0 heterocycles. The van der Waals surface area contributed by atoms with Gasteiger partial charge in [-0.1, -0.05) is 18.2 Å². The first-order valence-electron chi connectivity index (χ1n) is 13.6. The molecule has 0 atom stereocenters. The topological polar surface area (TPSA) is 136 Å². The lowest BCUT2D eigenvalue weighted by Gasteiger charge is -2.08. The Morgan fingerprint density at radius 2 is 0.708 bits per heavy atom.